The highest BCUT2D eigenvalue weighted by Crippen LogP contribution is 2.39. The molecular formula is C14H18Cl3N3. The van der Waals surface area contributed by atoms with Crippen molar-refractivity contribution in [3.63, 3.8) is 0 Å². The van der Waals surface area contributed by atoms with Crippen molar-refractivity contribution in [2.24, 2.45) is 0 Å². The molecule has 0 amide bonds. The summed E-state index contributed by atoms with van der Waals surface area (Å²) in [7, 11) is 0. The number of nitrogens with one attached hydrogen (secondary N) is 1. The van der Waals surface area contributed by atoms with Gasteiger partial charge >= 0.3 is 0 Å². The van der Waals surface area contributed by atoms with Crippen LogP contribution in [0.2, 0.25) is 15.2 Å². The van der Waals surface area contributed by atoms with Crippen molar-refractivity contribution in [1.82, 2.24) is 15.2 Å². The van der Waals surface area contributed by atoms with Crippen molar-refractivity contribution in [2.75, 3.05) is 26.2 Å². The second-order valence-electron chi connectivity index (χ2n) is 4.79. The number of halogens is 3. The molecule has 1 fully saturated rings. The van der Waals surface area contributed by atoms with E-state index in [9.17, 15) is 0 Å². The summed E-state index contributed by atoms with van der Waals surface area (Å²) >= 11 is 18.7. The van der Waals surface area contributed by atoms with Gasteiger partial charge in [0.15, 0.2) is 0 Å². The summed E-state index contributed by atoms with van der Waals surface area (Å²) in [4.78, 5) is 6.39. The van der Waals surface area contributed by atoms with Crippen LogP contribution in [0.4, 0.5) is 0 Å². The maximum atomic E-state index is 6.34. The molecule has 0 aliphatic carbocycles. The van der Waals surface area contributed by atoms with Crippen LogP contribution in [0.5, 0.6) is 0 Å². The van der Waals surface area contributed by atoms with Gasteiger partial charge < -0.3 is 5.32 Å². The Morgan fingerprint density at radius 1 is 1.35 bits per heavy atom. The minimum absolute atomic E-state index is 0.149. The Kier molecular flexibility index (Phi) is 6.12. The minimum Gasteiger partial charge on any atom is -0.314 e. The summed E-state index contributed by atoms with van der Waals surface area (Å²) in [6.45, 7) is 7.67. The SMILES string of the molecule is C=CCC[C@@H](c1c(Cl)cnc(Cl)c1Cl)N1CCNCC1. The summed E-state index contributed by atoms with van der Waals surface area (Å²) in [5, 5.41) is 4.70. The van der Waals surface area contributed by atoms with Crippen LogP contribution in [0.15, 0.2) is 18.9 Å². The van der Waals surface area contributed by atoms with E-state index in [4.69, 9.17) is 34.8 Å². The van der Waals surface area contributed by atoms with E-state index in [-0.39, 0.29) is 6.04 Å². The van der Waals surface area contributed by atoms with Crippen LogP contribution in [-0.2, 0) is 0 Å². The van der Waals surface area contributed by atoms with Gasteiger partial charge in [-0.3, -0.25) is 4.90 Å². The number of piperazine rings is 1. The second-order valence-corrected chi connectivity index (χ2v) is 5.94. The standard InChI is InChI=1S/C14H18Cl3N3/c1-2-3-4-11(20-7-5-18-6-8-20)12-10(15)9-19-14(17)13(12)16/h2,9,11,18H,1,3-8H2/t11-/m0/s1. The van der Waals surface area contributed by atoms with Crippen LogP contribution < -0.4 is 5.32 Å². The fourth-order valence-corrected chi connectivity index (χ4v) is 3.28. The maximum absolute atomic E-state index is 6.34. The maximum Gasteiger partial charge on any atom is 0.148 e. The lowest BCUT2D eigenvalue weighted by Crippen LogP contribution is -2.45. The third-order valence-electron chi connectivity index (χ3n) is 3.54. The molecule has 0 radical (unpaired) electrons. The van der Waals surface area contributed by atoms with E-state index in [1.54, 1.807) is 6.20 Å². The zero-order chi connectivity index (χ0) is 14.5. The van der Waals surface area contributed by atoms with Crippen molar-refractivity contribution >= 4 is 34.8 Å². The Balaban J connectivity index is 2.34. The van der Waals surface area contributed by atoms with Gasteiger partial charge in [-0.1, -0.05) is 40.9 Å². The van der Waals surface area contributed by atoms with Crippen LogP contribution in [0.3, 0.4) is 0 Å². The Morgan fingerprint density at radius 2 is 2.05 bits per heavy atom. The second kappa shape index (κ2) is 7.62. The lowest BCUT2D eigenvalue weighted by atomic mass is 10.00. The third-order valence-corrected chi connectivity index (χ3v) is 4.60. The van der Waals surface area contributed by atoms with Gasteiger partial charge in [-0.15, -0.1) is 6.58 Å². The molecule has 1 aliphatic rings. The Morgan fingerprint density at radius 3 is 2.70 bits per heavy atom. The summed E-state index contributed by atoms with van der Waals surface area (Å²) < 4.78 is 0. The molecule has 110 valence electrons. The number of hydrogen-bond donors (Lipinski definition) is 1. The van der Waals surface area contributed by atoms with E-state index in [0.29, 0.717) is 15.2 Å². The van der Waals surface area contributed by atoms with E-state index < -0.39 is 0 Å². The monoisotopic (exact) mass is 333 g/mol. The molecular weight excluding hydrogens is 317 g/mol. The average Bonchev–Trinajstić information content (AvgIpc) is 2.47. The first-order valence-corrected chi connectivity index (χ1v) is 7.83. The van der Waals surface area contributed by atoms with E-state index >= 15 is 0 Å². The normalized spacial score (nSPS) is 17.9. The fraction of sp³-hybridized carbons (Fsp3) is 0.500. The molecule has 1 aromatic heterocycles. The van der Waals surface area contributed by atoms with E-state index in [2.05, 4.69) is 21.8 Å². The first-order chi connectivity index (χ1) is 9.65. The molecule has 0 spiro atoms. The topological polar surface area (TPSA) is 28.2 Å². The average molecular weight is 335 g/mol. The number of allylic oxidation sites excluding steroid dienone is 1. The molecule has 6 heteroatoms. The lowest BCUT2D eigenvalue weighted by Gasteiger charge is -2.36. The van der Waals surface area contributed by atoms with Crippen LogP contribution in [0.25, 0.3) is 0 Å². The zero-order valence-corrected chi connectivity index (χ0v) is 13.5. The van der Waals surface area contributed by atoms with Gasteiger partial charge in [0.05, 0.1) is 10.0 Å². The van der Waals surface area contributed by atoms with Gasteiger partial charge in [-0.25, -0.2) is 4.98 Å². The number of nitrogens with zero attached hydrogens (tertiary/aromatic N) is 2. The van der Waals surface area contributed by atoms with Crippen LogP contribution in [0, 0.1) is 0 Å². The molecule has 0 unspecified atom stereocenters. The Bertz CT molecular complexity index is 473. The van der Waals surface area contributed by atoms with Crippen molar-refractivity contribution in [1.29, 1.82) is 0 Å². The van der Waals surface area contributed by atoms with Gasteiger partial charge in [0.25, 0.3) is 0 Å². The molecule has 1 N–H and O–H groups in total. The highest BCUT2D eigenvalue weighted by molar-refractivity contribution is 6.43. The Hall–Kier alpha value is -0.320. The summed E-state index contributed by atoms with van der Waals surface area (Å²) in [6, 6.07) is 0.149. The van der Waals surface area contributed by atoms with Gasteiger partial charge in [-0.2, -0.15) is 0 Å². The molecule has 2 rings (SSSR count). The molecule has 0 aromatic carbocycles. The summed E-state index contributed by atoms with van der Waals surface area (Å²) in [5.41, 5.74) is 0.886. The molecule has 3 nitrogen and oxygen atoms in total. The molecule has 1 atom stereocenters. The predicted octanol–water partition coefficient (Wildman–Crippen LogP) is 3.95. The van der Waals surface area contributed by atoms with Crippen molar-refractivity contribution in [3.8, 4) is 0 Å². The molecule has 0 saturated carbocycles. The summed E-state index contributed by atoms with van der Waals surface area (Å²) in [6.07, 6.45) is 5.32. The van der Waals surface area contributed by atoms with Gasteiger partial charge in [0.1, 0.15) is 5.15 Å². The first kappa shape index (κ1) is 16.1. The minimum atomic E-state index is 0.149. The van der Waals surface area contributed by atoms with E-state index in [1.807, 2.05) is 6.08 Å². The van der Waals surface area contributed by atoms with E-state index in [1.165, 1.54) is 0 Å². The van der Waals surface area contributed by atoms with Crippen molar-refractivity contribution in [2.45, 2.75) is 18.9 Å². The highest BCUT2D eigenvalue weighted by Gasteiger charge is 2.26. The summed E-state index contributed by atoms with van der Waals surface area (Å²) in [5.74, 6) is 0. The Labute approximate surface area is 134 Å². The van der Waals surface area contributed by atoms with Crippen LogP contribution in [0.1, 0.15) is 24.4 Å². The first-order valence-electron chi connectivity index (χ1n) is 6.70. The number of hydrogen-bond acceptors (Lipinski definition) is 3. The quantitative estimate of drug-likeness (QED) is 0.652. The lowest BCUT2D eigenvalue weighted by molar-refractivity contribution is 0.166. The molecule has 0 bridgehead atoms. The molecule has 1 aromatic rings. The smallest absolute Gasteiger partial charge is 0.148 e. The van der Waals surface area contributed by atoms with Gasteiger partial charge in [-0.05, 0) is 12.8 Å². The number of rotatable bonds is 5. The van der Waals surface area contributed by atoms with E-state index in [0.717, 1.165) is 44.6 Å². The largest absolute Gasteiger partial charge is 0.314 e. The van der Waals surface area contributed by atoms with Gasteiger partial charge in [0, 0.05) is 44.0 Å². The highest BCUT2D eigenvalue weighted by atomic mass is 35.5. The van der Waals surface area contributed by atoms with Crippen molar-refractivity contribution < 1.29 is 0 Å². The number of aromatic nitrogens is 1. The van der Waals surface area contributed by atoms with Crippen LogP contribution >= 0.6 is 34.8 Å². The third kappa shape index (κ3) is 3.66. The van der Waals surface area contributed by atoms with Gasteiger partial charge in [0.2, 0.25) is 0 Å². The molecule has 1 saturated heterocycles. The predicted molar refractivity (Wildman–Crippen MR) is 85.9 cm³/mol. The molecule has 20 heavy (non-hydrogen) atoms. The van der Waals surface area contributed by atoms with Crippen LogP contribution in [-0.4, -0.2) is 36.1 Å². The van der Waals surface area contributed by atoms with Crippen molar-refractivity contribution in [3.05, 3.63) is 39.6 Å². The number of pyridine rings is 1. The molecule has 2 heterocycles. The molecule has 1 aliphatic heterocycles. The zero-order valence-electron chi connectivity index (χ0n) is 11.2. The fourth-order valence-electron chi connectivity index (χ4n) is 2.54.